The van der Waals surface area contributed by atoms with Crippen LogP contribution >= 0.6 is 11.8 Å². The lowest BCUT2D eigenvalue weighted by atomic mass is 10.1. The maximum absolute atomic E-state index is 11.4. The van der Waals surface area contributed by atoms with Crippen LogP contribution in [0.4, 0.5) is 0 Å². The van der Waals surface area contributed by atoms with Gasteiger partial charge in [-0.1, -0.05) is 11.8 Å². The summed E-state index contributed by atoms with van der Waals surface area (Å²) in [4.78, 5) is 29.1. The number of aldehydes is 1. The summed E-state index contributed by atoms with van der Waals surface area (Å²) in [5, 5.41) is 0.550. The zero-order valence-electron chi connectivity index (χ0n) is 11.2. The summed E-state index contributed by atoms with van der Waals surface area (Å²) >= 11 is 1.39. The molecule has 6 heteroatoms. The zero-order valence-corrected chi connectivity index (χ0v) is 12.0. The average Bonchev–Trinajstić information content (AvgIpc) is 2.43. The van der Waals surface area contributed by atoms with Gasteiger partial charge in [0.05, 0.1) is 7.11 Å². The molecule has 2 aromatic rings. The number of carbonyl (C=O) groups is 1. The summed E-state index contributed by atoms with van der Waals surface area (Å²) in [6.07, 6.45) is 0.792. The van der Waals surface area contributed by atoms with Crippen molar-refractivity contribution in [1.29, 1.82) is 0 Å². The highest BCUT2D eigenvalue weighted by Crippen LogP contribution is 2.26. The van der Waals surface area contributed by atoms with Crippen LogP contribution in [0.5, 0.6) is 5.75 Å². The third-order valence-corrected chi connectivity index (χ3v) is 3.58. The molecule has 20 heavy (non-hydrogen) atoms. The first-order chi connectivity index (χ1) is 9.62. The van der Waals surface area contributed by atoms with Gasteiger partial charge in [-0.3, -0.25) is 9.59 Å². The maximum atomic E-state index is 11.4. The molecule has 1 aromatic carbocycles. The molecule has 0 unspecified atom stereocenters. The highest BCUT2D eigenvalue weighted by atomic mass is 32.2. The quantitative estimate of drug-likeness (QED) is 0.519. The van der Waals surface area contributed by atoms with E-state index in [0.717, 1.165) is 11.8 Å². The van der Waals surface area contributed by atoms with Crippen LogP contribution in [0.3, 0.4) is 0 Å². The highest BCUT2D eigenvalue weighted by molar-refractivity contribution is 7.98. The molecule has 0 fully saturated rings. The minimum atomic E-state index is -0.173. The number of thioether (sulfide) groups is 1. The fourth-order valence-electron chi connectivity index (χ4n) is 1.75. The van der Waals surface area contributed by atoms with Crippen LogP contribution in [-0.2, 0) is 5.75 Å². The Labute approximate surface area is 120 Å². The molecular formula is C14H14N2O3S. The minimum Gasteiger partial charge on any atom is -0.496 e. The van der Waals surface area contributed by atoms with Gasteiger partial charge in [0, 0.05) is 28.6 Å². The Morgan fingerprint density at radius 3 is 2.85 bits per heavy atom. The Balaban J connectivity index is 2.21. The lowest BCUT2D eigenvalue weighted by Crippen LogP contribution is -2.08. The van der Waals surface area contributed by atoms with E-state index < -0.39 is 0 Å². The Morgan fingerprint density at radius 2 is 2.20 bits per heavy atom. The molecule has 0 saturated carbocycles. The van der Waals surface area contributed by atoms with Gasteiger partial charge in [-0.25, -0.2) is 4.98 Å². The number of H-pyrrole nitrogens is 1. The van der Waals surface area contributed by atoms with Crippen LogP contribution in [-0.4, -0.2) is 23.4 Å². The number of hydrogen-bond donors (Lipinski definition) is 1. The van der Waals surface area contributed by atoms with E-state index in [4.69, 9.17) is 4.74 Å². The fourth-order valence-corrected chi connectivity index (χ4v) is 2.65. The number of nitrogens with zero attached hydrogens (tertiary/aromatic N) is 1. The highest BCUT2D eigenvalue weighted by Gasteiger charge is 2.07. The van der Waals surface area contributed by atoms with Crippen molar-refractivity contribution in [2.45, 2.75) is 17.8 Å². The third-order valence-electron chi connectivity index (χ3n) is 2.65. The van der Waals surface area contributed by atoms with Crippen molar-refractivity contribution in [3.05, 3.63) is 51.4 Å². The van der Waals surface area contributed by atoms with Gasteiger partial charge in [0.25, 0.3) is 5.56 Å². The lowest BCUT2D eigenvalue weighted by Gasteiger charge is -2.08. The van der Waals surface area contributed by atoms with Crippen LogP contribution in [0.1, 0.15) is 21.6 Å². The number of benzene rings is 1. The van der Waals surface area contributed by atoms with Crippen LogP contribution in [0, 0.1) is 6.92 Å². The summed E-state index contributed by atoms with van der Waals surface area (Å²) in [7, 11) is 1.58. The van der Waals surface area contributed by atoms with E-state index in [0.29, 0.717) is 27.9 Å². The molecule has 0 spiro atoms. The molecule has 2 rings (SSSR count). The van der Waals surface area contributed by atoms with Crippen molar-refractivity contribution in [3.63, 3.8) is 0 Å². The molecule has 0 atom stereocenters. The molecule has 5 nitrogen and oxygen atoms in total. The number of hydrogen-bond acceptors (Lipinski definition) is 5. The van der Waals surface area contributed by atoms with Gasteiger partial charge in [-0.05, 0) is 25.1 Å². The van der Waals surface area contributed by atoms with Gasteiger partial charge in [0.2, 0.25) is 0 Å². The van der Waals surface area contributed by atoms with Gasteiger partial charge in [0.1, 0.15) is 12.0 Å². The van der Waals surface area contributed by atoms with E-state index in [-0.39, 0.29) is 5.56 Å². The number of aryl methyl sites for hydroxylation is 1. The van der Waals surface area contributed by atoms with Gasteiger partial charge >= 0.3 is 0 Å². The number of ether oxygens (including phenoxy) is 1. The van der Waals surface area contributed by atoms with E-state index in [2.05, 4.69) is 9.97 Å². The number of nitrogens with one attached hydrogen (secondary N) is 1. The normalized spacial score (nSPS) is 10.3. The molecule has 0 radical (unpaired) electrons. The molecule has 0 amide bonds. The minimum absolute atomic E-state index is 0.173. The predicted octanol–water partition coefficient (Wildman–Crippen LogP) is 2.19. The van der Waals surface area contributed by atoms with Crippen molar-refractivity contribution in [2.75, 3.05) is 7.11 Å². The number of aromatic nitrogens is 2. The van der Waals surface area contributed by atoms with E-state index >= 15 is 0 Å². The molecule has 0 aliphatic carbocycles. The first-order valence-electron chi connectivity index (χ1n) is 5.95. The summed E-state index contributed by atoms with van der Waals surface area (Å²) in [5.41, 5.74) is 1.97. The zero-order chi connectivity index (χ0) is 14.5. The second-order valence-electron chi connectivity index (χ2n) is 4.17. The van der Waals surface area contributed by atoms with E-state index in [1.54, 1.807) is 32.2 Å². The molecule has 0 aliphatic heterocycles. The van der Waals surface area contributed by atoms with Crippen LogP contribution in [0.2, 0.25) is 0 Å². The first-order valence-corrected chi connectivity index (χ1v) is 6.94. The summed E-state index contributed by atoms with van der Waals surface area (Å²) < 4.78 is 5.26. The van der Waals surface area contributed by atoms with Crippen molar-refractivity contribution in [2.24, 2.45) is 0 Å². The molecule has 1 aromatic heterocycles. The van der Waals surface area contributed by atoms with Gasteiger partial charge < -0.3 is 9.72 Å². The van der Waals surface area contributed by atoms with Crippen LogP contribution in [0.25, 0.3) is 0 Å². The van der Waals surface area contributed by atoms with Gasteiger partial charge in [-0.15, -0.1) is 0 Å². The van der Waals surface area contributed by atoms with E-state index in [1.807, 2.05) is 0 Å². The van der Waals surface area contributed by atoms with Crippen molar-refractivity contribution in [3.8, 4) is 5.75 Å². The van der Waals surface area contributed by atoms with E-state index in [1.165, 1.54) is 17.8 Å². The number of aromatic amines is 1. The molecular weight excluding hydrogens is 276 g/mol. The fraction of sp³-hybridized carbons (Fsp3) is 0.214. The van der Waals surface area contributed by atoms with Crippen LogP contribution in [0.15, 0.2) is 34.2 Å². The summed E-state index contributed by atoms with van der Waals surface area (Å²) in [6.45, 7) is 1.77. The summed E-state index contributed by atoms with van der Waals surface area (Å²) in [6, 6.07) is 6.67. The topological polar surface area (TPSA) is 72.0 Å². The lowest BCUT2D eigenvalue weighted by molar-refractivity contribution is 0.112. The SMILES string of the molecule is COc1ccc(C=O)cc1CSc1nc(C)cc(=O)[nH]1. The molecule has 0 aliphatic rings. The monoisotopic (exact) mass is 290 g/mol. The smallest absolute Gasteiger partial charge is 0.251 e. The van der Waals surface area contributed by atoms with E-state index in [9.17, 15) is 9.59 Å². The Hall–Kier alpha value is -2.08. The average molecular weight is 290 g/mol. The standard InChI is InChI=1S/C14H14N2O3S/c1-9-5-13(18)16-14(15-9)20-8-11-6-10(7-17)3-4-12(11)19-2/h3-7H,8H2,1-2H3,(H,15,16,18). The molecule has 1 N–H and O–H groups in total. The largest absolute Gasteiger partial charge is 0.496 e. The molecule has 0 bridgehead atoms. The third kappa shape index (κ3) is 3.48. The second kappa shape index (κ2) is 6.38. The number of carbonyl (C=O) groups excluding carboxylic acids is 1. The van der Waals surface area contributed by atoms with Gasteiger partial charge in [0.15, 0.2) is 5.16 Å². The van der Waals surface area contributed by atoms with Crippen molar-refractivity contribution >= 4 is 18.0 Å². The number of methoxy groups -OCH3 is 1. The Kier molecular flexibility index (Phi) is 4.57. The second-order valence-corrected chi connectivity index (χ2v) is 5.13. The molecule has 0 saturated heterocycles. The Bertz CT molecular complexity index is 682. The maximum Gasteiger partial charge on any atom is 0.251 e. The van der Waals surface area contributed by atoms with Gasteiger partial charge in [-0.2, -0.15) is 0 Å². The predicted molar refractivity (Wildman–Crippen MR) is 77.5 cm³/mol. The van der Waals surface area contributed by atoms with Crippen molar-refractivity contribution < 1.29 is 9.53 Å². The first kappa shape index (κ1) is 14.3. The molecule has 104 valence electrons. The van der Waals surface area contributed by atoms with Crippen LogP contribution < -0.4 is 10.3 Å². The molecule has 1 heterocycles. The Morgan fingerprint density at radius 1 is 1.40 bits per heavy atom. The number of rotatable bonds is 5. The summed E-state index contributed by atoms with van der Waals surface area (Å²) in [5.74, 6) is 1.26. The van der Waals surface area contributed by atoms with Crippen molar-refractivity contribution in [1.82, 2.24) is 9.97 Å².